The molecule has 1 aliphatic rings. The molecule has 0 unspecified atom stereocenters. The Bertz CT molecular complexity index is 1050. The predicted octanol–water partition coefficient (Wildman–Crippen LogP) is 4.30. The molecule has 0 radical (unpaired) electrons. The van der Waals surface area contributed by atoms with Crippen LogP contribution >= 0.6 is 0 Å². The first-order valence-electron chi connectivity index (χ1n) is 9.45. The normalized spacial score (nSPS) is 22.0. The Morgan fingerprint density at radius 2 is 1.86 bits per heavy atom. The number of nitrogens with zero attached hydrogens (tertiary/aromatic N) is 2. The van der Waals surface area contributed by atoms with E-state index in [-0.39, 0.29) is 23.2 Å². The van der Waals surface area contributed by atoms with Crippen LogP contribution in [0.4, 0.5) is 0 Å². The van der Waals surface area contributed by atoms with Gasteiger partial charge in [-0.2, -0.15) is 0 Å². The minimum atomic E-state index is -0.799. The smallest absolute Gasteiger partial charge is 0.224 e. The Morgan fingerprint density at radius 1 is 1.14 bits per heavy atom. The summed E-state index contributed by atoms with van der Waals surface area (Å²) in [6.45, 7) is 0. The number of rotatable bonds is 5. The number of aromatic nitrogens is 1. The molecular weight excluding hydrogens is 352 g/mol. The second-order valence-corrected chi connectivity index (χ2v) is 7.50. The third-order valence-electron chi connectivity index (χ3n) is 5.79. The summed E-state index contributed by atoms with van der Waals surface area (Å²) < 4.78 is 2.08. The molecule has 3 aromatic rings. The zero-order valence-electron chi connectivity index (χ0n) is 15.7. The molecule has 0 N–H and O–H groups in total. The summed E-state index contributed by atoms with van der Waals surface area (Å²) >= 11 is 0. The van der Waals surface area contributed by atoms with E-state index in [9.17, 15) is 14.9 Å². The van der Waals surface area contributed by atoms with Crippen LogP contribution in [0.1, 0.15) is 23.5 Å². The number of carbonyl (C=O) groups is 1. The summed E-state index contributed by atoms with van der Waals surface area (Å²) in [6, 6.07) is 17.0. The maximum atomic E-state index is 11.9. The summed E-state index contributed by atoms with van der Waals surface area (Å²) in [7, 11) is 2.01. The molecule has 5 heteroatoms. The second kappa shape index (κ2) is 7.43. The lowest BCUT2D eigenvalue weighted by Gasteiger charge is -2.32. The lowest BCUT2D eigenvalue weighted by Crippen LogP contribution is -2.36. The fraction of sp³-hybridized carbons (Fsp3) is 0.261. The molecule has 0 amide bonds. The number of aryl methyl sites for hydroxylation is 1. The van der Waals surface area contributed by atoms with E-state index in [1.54, 1.807) is 0 Å². The first-order chi connectivity index (χ1) is 13.6. The molecule has 142 valence electrons. The molecule has 0 bridgehead atoms. The zero-order valence-corrected chi connectivity index (χ0v) is 15.7. The highest BCUT2D eigenvalue weighted by molar-refractivity contribution is 5.84. The van der Waals surface area contributed by atoms with Crippen molar-refractivity contribution in [2.24, 2.45) is 13.0 Å². The molecule has 0 fully saturated rings. The van der Waals surface area contributed by atoms with Crippen LogP contribution in [0, 0.1) is 16.0 Å². The number of nitro groups is 1. The highest BCUT2D eigenvalue weighted by atomic mass is 16.6. The number of carbonyl (C=O) groups excluding carboxylic acids is 1. The van der Waals surface area contributed by atoms with Gasteiger partial charge in [0.1, 0.15) is 6.29 Å². The molecule has 5 nitrogen and oxygen atoms in total. The molecule has 2 aromatic carbocycles. The number of benzene rings is 2. The third kappa shape index (κ3) is 3.24. The number of para-hydroxylation sites is 1. The van der Waals surface area contributed by atoms with E-state index in [0.29, 0.717) is 12.0 Å². The summed E-state index contributed by atoms with van der Waals surface area (Å²) in [4.78, 5) is 23.1. The SMILES string of the molecule is Cn1cc(C[C@H]2C=C(C=O)C[C@H]([N+](=O)[O-])[C@@H]2c2ccccc2)c2ccccc21. The van der Waals surface area contributed by atoms with Gasteiger partial charge in [-0.25, -0.2) is 0 Å². The Morgan fingerprint density at radius 3 is 2.57 bits per heavy atom. The fourth-order valence-electron chi connectivity index (χ4n) is 4.57. The highest BCUT2D eigenvalue weighted by Crippen LogP contribution is 2.40. The van der Waals surface area contributed by atoms with E-state index in [2.05, 4.69) is 22.9 Å². The van der Waals surface area contributed by atoms with E-state index < -0.39 is 6.04 Å². The van der Waals surface area contributed by atoms with Crippen LogP contribution in [0.25, 0.3) is 10.9 Å². The van der Waals surface area contributed by atoms with Gasteiger partial charge in [-0.15, -0.1) is 0 Å². The van der Waals surface area contributed by atoms with Gasteiger partial charge in [0.2, 0.25) is 6.04 Å². The van der Waals surface area contributed by atoms with Crippen molar-refractivity contribution < 1.29 is 9.72 Å². The van der Waals surface area contributed by atoms with Crippen LogP contribution in [0.15, 0.2) is 72.4 Å². The number of aldehydes is 1. The monoisotopic (exact) mass is 374 g/mol. The average Bonchev–Trinajstić information content (AvgIpc) is 3.03. The molecule has 0 spiro atoms. The van der Waals surface area contributed by atoms with E-state index in [4.69, 9.17) is 0 Å². The van der Waals surface area contributed by atoms with Gasteiger partial charge < -0.3 is 4.57 Å². The molecule has 1 heterocycles. The molecule has 0 saturated heterocycles. The van der Waals surface area contributed by atoms with Crippen LogP contribution in [0.3, 0.4) is 0 Å². The quantitative estimate of drug-likeness (QED) is 0.380. The standard InChI is InChI=1S/C23H22N2O3/c1-24-14-19(20-9-5-6-10-21(20)24)13-18-11-16(15-26)12-22(25(27)28)23(18)17-7-3-2-4-8-17/h2-11,14-15,18,22-23H,12-13H2,1H3/t18-,22+,23-/m1/s1. The maximum Gasteiger partial charge on any atom is 0.224 e. The highest BCUT2D eigenvalue weighted by Gasteiger charge is 2.41. The van der Waals surface area contributed by atoms with Crippen molar-refractivity contribution in [3.05, 3.63) is 93.7 Å². The number of hydrogen-bond donors (Lipinski definition) is 0. The summed E-state index contributed by atoms with van der Waals surface area (Å²) in [5.41, 5.74) is 3.76. The minimum Gasteiger partial charge on any atom is -0.350 e. The van der Waals surface area contributed by atoms with Gasteiger partial charge in [-0.3, -0.25) is 14.9 Å². The number of allylic oxidation sites excluding steroid dienone is 1. The number of hydrogen-bond acceptors (Lipinski definition) is 3. The Balaban J connectivity index is 1.80. The van der Waals surface area contributed by atoms with E-state index >= 15 is 0 Å². The van der Waals surface area contributed by atoms with Gasteiger partial charge in [0.25, 0.3) is 0 Å². The summed E-state index contributed by atoms with van der Waals surface area (Å²) in [5, 5.41) is 13.0. The molecule has 1 aromatic heterocycles. The molecule has 28 heavy (non-hydrogen) atoms. The zero-order chi connectivity index (χ0) is 19.7. The van der Waals surface area contributed by atoms with Crippen molar-refractivity contribution in [3.63, 3.8) is 0 Å². The summed E-state index contributed by atoms with van der Waals surface area (Å²) in [5.74, 6) is -0.378. The first-order valence-corrected chi connectivity index (χ1v) is 9.45. The van der Waals surface area contributed by atoms with E-state index in [0.717, 1.165) is 28.3 Å². The first kappa shape index (κ1) is 18.2. The largest absolute Gasteiger partial charge is 0.350 e. The second-order valence-electron chi connectivity index (χ2n) is 7.50. The minimum absolute atomic E-state index is 0.113. The predicted molar refractivity (Wildman–Crippen MR) is 109 cm³/mol. The van der Waals surface area contributed by atoms with Gasteiger partial charge in [-0.05, 0) is 35.1 Å². The van der Waals surface area contributed by atoms with Crippen molar-refractivity contribution in [2.45, 2.75) is 24.8 Å². The average molecular weight is 374 g/mol. The van der Waals surface area contributed by atoms with Crippen molar-refractivity contribution >= 4 is 17.2 Å². The van der Waals surface area contributed by atoms with Crippen LogP contribution in [0.2, 0.25) is 0 Å². The Kier molecular flexibility index (Phi) is 4.82. The molecule has 0 saturated carbocycles. The van der Waals surface area contributed by atoms with Gasteiger partial charge in [-0.1, -0.05) is 54.6 Å². The van der Waals surface area contributed by atoms with Crippen molar-refractivity contribution in [1.29, 1.82) is 0 Å². The van der Waals surface area contributed by atoms with Crippen molar-refractivity contribution in [1.82, 2.24) is 4.57 Å². The maximum absolute atomic E-state index is 11.9. The van der Waals surface area contributed by atoms with Crippen LogP contribution in [-0.4, -0.2) is 21.8 Å². The van der Waals surface area contributed by atoms with Crippen LogP contribution < -0.4 is 0 Å². The molecule has 4 rings (SSSR count). The van der Waals surface area contributed by atoms with Crippen molar-refractivity contribution in [2.75, 3.05) is 0 Å². The van der Waals surface area contributed by atoms with Crippen molar-refractivity contribution in [3.8, 4) is 0 Å². The third-order valence-corrected chi connectivity index (χ3v) is 5.79. The lowest BCUT2D eigenvalue weighted by atomic mass is 9.71. The molecule has 3 atom stereocenters. The lowest BCUT2D eigenvalue weighted by molar-refractivity contribution is -0.528. The van der Waals surface area contributed by atoms with Crippen LogP contribution in [0.5, 0.6) is 0 Å². The van der Waals surface area contributed by atoms with Gasteiger partial charge >= 0.3 is 0 Å². The van der Waals surface area contributed by atoms with E-state index in [1.165, 1.54) is 0 Å². The van der Waals surface area contributed by atoms with Gasteiger partial charge in [0.15, 0.2) is 0 Å². The Hall–Kier alpha value is -3.21. The fourth-order valence-corrected chi connectivity index (χ4v) is 4.57. The van der Waals surface area contributed by atoms with Gasteiger partial charge in [0.05, 0.1) is 5.92 Å². The molecular formula is C23H22N2O3. The van der Waals surface area contributed by atoms with Gasteiger partial charge in [0, 0.05) is 35.5 Å². The molecule has 0 aliphatic heterocycles. The topological polar surface area (TPSA) is 65.1 Å². The van der Waals surface area contributed by atoms with E-state index in [1.807, 2.05) is 55.6 Å². The summed E-state index contributed by atoms with van der Waals surface area (Å²) in [6.07, 6.45) is 5.65. The number of fused-ring (bicyclic) bond motifs is 1. The molecule has 1 aliphatic carbocycles. The Labute approximate surface area is 163 Å². The van der Waals surface area contributed by atoms with Crippen LogP contribution in [-0.2, 0) is 18.3 Å².